The molecular formula is C15H21N3O2. The second-order valence-corrected chi connectivity index (χ2v) is 4.81. The molecule has 0 atom stereocenters. The third kappa shape index (κ3) is 3.30. The second-order valence-electron chi connectivity index (χ2n) is 4.81. The predicted octanol–water partition coefficient (Wildman–Crippen LogP) is 2.30. The molecule has 0 aliphatic heterocycles. The maximum Gasteiger partial charge on any atom is 0.127 e. The summed E-state index contributed by atoms with van der Waals surface area (Å²) in [6.07, 6.45) is 3.91. The summed E-state index contributed by atoms with van der Waals surface area (Å²) >= 11 is 0. The van der Waals surface area contributed by atoms with Crippen molar-refractivity contribution < 1.29 is 9.47 Å². The molecule has 1 aromatic carbocycles. The van der Waals surface area contributed by atoms with Crippen molar-refractivity contribution in [1.29, 1.82) is 0 Å². The van der Waals surface area contributed by atoms with Gasteiger partial charge in [-0.15, -0.1) is 0 Å². The number of methoxy groups -OCH3 is 1. The quantitative estimate of drug-likeness (QED) is 0.878. The molecule has 108 valence electrons. The molecule has 20 heavy (non-hydrogen) atoms. The molecule has 0 bridgehead atoms. The predicted molar refractivity (Wildman–Crippen MR) is 79.0 cm³/mol. The molecule has 0 unspecified atom stereocenters. The van der Waals surface area contributed by atoms with Crippen molar-refractivity contribution in [2.24, 2.45) is 5.73 Å². The Balaban J connectivity index is 2.35. The van der Waals surface area contributed by atoms with E-state index in [0.717, 1.165) is 22.6 Å². The van der Waals surface area contributed by atoms with Crippen LogP contribution in [0.1, 0.15) is 13.8 Å². The van der Waals surface area contributed by atoms with E-state index in [4.69, 9.17) is 15.2 Å². The van der Waals surface area contributed by atoms with Gasteiger partial charge in [0.2, 0.25) is 0 Å². The lowest BCUT2D eigenvalue weighted by atomic mass is 10.1. The molecule has 0 radical (unpaired) electrons. The van der Waals surface area contributed by atoms with Crippen LogP contribution in [-0.4, -0.2) is 29.5 Å². The van der Waals surface area contributed by atoms with Gasteiger partial charge in [0, 0.05) is 23.9 Å². The summed E-state index contributed by atoms with van der Waals surface area (Å²) in [5.74, 6) is 1.62. The normalized spacial score (nSPS) is 10.8. The molecule has 5 nitrogen and oxygen atoms in total. The summed E-state index contributed by atoms with van der Waals surface area (Å²) in [5.41, 5.74) is 7.49. The molecule has 2 rings (SSSR count). The fourth-order valence-electron chi connectivity index (χ4n) is 2.02. The summed E-state index contributed by atoms with van der Waals surface area (Å²) in [6.45, 7) is 5.27. The number of ether oxygens (including phenoxy) is 2. The standard InChI is InChI=1S/C15H21N3O2/c1-11(2)20-13-4-5-15(19-3)14(8-13)12-9-17-18(10-12)7-6-16/h4-5,8-11H,6-7,16H2,1-3H3. The Kier molecular flexibility index (Phi) is 4.63. The van der Waals surface area contributed by atoms with Gasteiger partial charge in [-0.1, -0.05) is 0 Å². The van der Waals surface area contributed by atoms with E-state index in [1.54, 1.807) is 7.11 Å². The first kappa shape index (κ1) is 14.4. The van der Waals surface area contributed by atoms with E-state index in [1.165, 1.54) is 0 Å². The molecule has 0 saturated heterocycles. The first-order valence-electron chi connectivity index (χ1n) is 6.71. The summed E-state index contributed by atoms with van der Waals surface area (Å²) in [4.78, 5) is 0. The van der Waals surface area contributed by atoms with Crippen LogP contribution >= 0.6 is 0 Å². The Morgan fingerprint density at radius 1 is 1.35 bits per heavy atom. The Morgan fingerprint density at radius 3 is 2.80 bits per heavy atom. The maximum atomic E-state index is 5.73. The summed E-state index contributed by atoms with van der Waals surface area (Å²) < 4.78 is 13.0. The van der Waals surface area contributed by atoms with Crippen LogP contribution < -0.4 is 15.2 Å². The molecule has 0 spiro atoms. The largest absolute Gasteiger partial charge is 0.496 e. The molecule has 2 aromatic rings. The number of nitrogens with zero attached hydrogens (tertiary/aromatic N) is 2. The minimum absolute atomic E-state index is 0.135. The minimum atomic E-state index is 0.135. The van der Waals surface area contributed by atoms with Crippen molar-refractivity contribution >= 4 is 0 Å². The van der Waals surface area contributed by atoms with Gasteiger partial charge in [0.25, 0.3) is 0 Å². The van der Waals surface area contributed by atoms with Crippen LogP contribution in [0.5, 0.6) is 11.5 Å². The topological polar surface area (TPSA) is 62.3 Å². The van der Waals surface area contributed by atoms with Crippen LogP contribution in [0, 0.1) is 0 Å². The third-order valence-corrected chi connectivity index (χ3v) is 2.85. The van der Waals surface area contributed by atoms with Gasteiger partial charge in [0.05, 0.1) is 26.0 Å². The molecule has 0 amide bonds. The highest BCUT2D eigenvalue weighted by atomic mass is 16.5. The zero-order chi connectivity index (χ0) is 14.5. The summed E-state index contributed by atoms with van der Waals surface area (Å²) in [6, 6.07) is 5.79. The van der Waals surface area contributed by atoms with Crippen LogP contribution in [0.4, 0.5) is 0 Å². The third-order valence-electron chi connectivity index (χ3n) is 2.85. The zero-order valence-electron chi connectivity index (χ0n) is 12.2. The van der Waals surface area contributed by atoms with E-state index in [0.29, 0.717) is 13.1 Å². The van der Waals surface area contributed by atoms with Gasteiger partial charge < -0.3 is 15.2 Å². The van der Waals surface area contributed by atoms with Crippen molar-refractivity contribution in [3.8, 4) is 22.6 Å². The van der Waals surface area contributed by atoms with Gasteiger partial charge >= 0.3 is 0 Å². The Hall–Kier alpha value is -2.01. The Bertz CT molecular complexity index is 564. The number of hydrogen-bond donors (Lipinski definition) is 1. The van der Waals surface area contributed by atoms with Crippen molar-refractivity contribution in [2.45, 2.75) is 26.5 Å². The van der Waals surface area contributed by atoms with Crippen LogP contribution in [0.3, 0.4) is 0 Å². The fourth-order valence-corrected chi connectivity index (χ4v) is 2.02. The van der Waals surface area contributed by atoms with E-state index in [9.17, 15) is 0 Å². The summed E-state index contributed by atoms with van der Waals surface area (Å²) in [5, 5.41) is 4.29. The van der Waals surface area contributed by atoms with E-state index in [1.807, 2.05) is 49.1 Å². The fraction of sp³-hybridized carbons (Fsp3) is 0.400. The van der Waals surface area contributed by atoms with Gasteiger partial charge in [0.15, 0.2) is 0 Å². The van der Waals surface area contributed by atoms with Crippen molar-refractivity contribution in [1.82, 2.24) is 9.78 Å². The Morgan fingerprint density at radius 2 is 2.15 bits per heavy atom. The van der Waals surface area contributed by atoms with Gasteiger partial charge in [-0.3, -0.25) is 4.68 Å². The first-order chi connectivity index (χ1) is 9.63. The molecule has 5 heteroatoms. The molecule has 1 aromatic heterocycles. The van der Waals surface area contributed by atoms with Crippen molar-refractivity contribution in [3.63, 3.8) is 0 Å². The van der Waals surface area contributed by atoms with E-state index in [2.05, 4.69) is 5.10 Å². The number of hydrogen-bond acceptors (Lipinski definition) is 4. The molecule has 0 aliphatic rings. The van der Waals surface area contributed by atoms with Gasteiger partial charge in [-0.05, 0) is 32.0 Å². The lowest BCUT2D eigenvalue weighted by Crippen LogP contribution is -2.09. The highest BCUT2D eigenvalue weighted by molar-refractivity contribution is 5.71. The molecule has 1 heterocycles. The maximum absolute atomic E-state index is 5.73. The Labute approximate surface area is 119 Å². The number of aromatic nitrogens is 2. The van der Waals surface area contributed by atoms with Crippen molar-refractivity contribution in [3.05, 3.63) is 30.6 Å². The van der Waals surface area contributed by atoms with E-state index in [-0.39, 0.29) is 6.10 Å². The molecule has 0 fully saturated rings. The van der Waals surface area contributed by atoms with E-state index >= 15 is 0 Å². The molecular weight excluding hydrogens is 254 g/mol. The lowest BCUT2D eigenvalue weighted by molar-refractivity contribution is 0.242. The zero-order valence-corrected chi connectivity index (χ0v) is 12.2. The van der Waals surface area contributed by atoms with Gasteiger partial charge in [-0.2, -0.15) is 5.10 Å². The molecule has 2 N–H and O–H groups in total. The molecule has 0 aliphatic carbocycles. The number of nitrogens with two attached hydrogens (primary N) is 1. The van der Waals surface area contributed by atoms with Crippen LogP contribution in [-0.2, 0) is 6.54 Å². The smallest absolute Gasteiger partial charge is 0.127 e. The van der Waals surface area contributed by atoms with Crippen molar-refractivity contribution in [2.75, 3.05) is 13.7 Å². The monoisotopic (exact) mass is 275 g/mol. The van der Waals surface area contributed by atoms with Crippen LogP contribution in [0.25, 0.3) is 11.1 Å². The molecule has 0 saturated carbocycles. The summed E-state index contributed by atoms with van der Waals surface area (Å²) in [7, 11) is 1.66. The van der Waals surface area contributed by atoms with Crippen LogP contribution in [0.2, 0.25) is 0 Å². The van der Waals surface area contributed by atoms with E-state index < -0.39 is 0 Å². The van der Waals surface area contributed by atoms with Gasteiger partial charge in [-0.25, -0.2) is 0 Å². The SMILES string of the molecule is COc1ccc(OC(C)C)cc1-c1cnn(CCN)c1. The highest BCUT2D eigenvalue weighted by Crippen LogP contribution is 2.33. The number of benzene rings is 1. The average molecular weight is 275 g/mol. The van der Waals surface area contributed by atoms with Gasteiger partial charge in [0.1, 0.15) is 11.5 Å². The van der Waals surface area contributed by atoms with Crippen LogP contribution in [0.15, 0.2) is 30.6 Å². The first-order valence-corrected chi connectivity index (χ1v) is 6.71. The number of rotatable bonds is 6. The highest BCUT2D eigenvalue weighted by Gasteiger charge is 2.10. The average Bonchev–Trinajstić information content (AvgIpc) is 2.87. The lowest BCUT2D eigenvalue weighted by Gasteiger charge is -2.13. The minimum Gasteiger partial charge on any atom is -0.496 e. The second kappa shape index (κ2) is 6.43.